The Balaban J connectivity index is 2.22. The van der Waals surface area contributed by atoms with E-state index in [1.165, 1.54) is 0 Å². The first-order valence-corrected chi connectivity index (χ1v) is 8.12. The van der Waals surface area contributed by atoms with E-state index in [1.54, 1.807) is 7.11 Å². The summed E-state index contributed by atoms with van der Waals surface area (Å²) in [6.45, 7) is 8.47. The highest BCUT2D eigenvalue weighted by Crippen LogP contribution is 2.39. The average molecular weight is 312 g/mol. The molecule has 2 aromatic rings. The second-order valence-corrected chi connectivity index (χ2v) is 7.42. The van der Waals surface area contributed by atoms with Gasteiger partial charge in [-0.25, -0.2) is 4.68 Å². The lowest BCUT2D eigenvalue weighted by Crippen LogP contribution is -2.28. The van der Waals surface area contributed by atoms with Gasteiger partial charge in [-0.3, -0.25) is 4.79 Å². The van der Waals surface area contributed by atoms with Gasteiger partial charge in [-0.1, -0.05) is 33.8 Å². The second kappa shape index (κ2) is 5.52. The van der Waals surface area contributed by atoms with Crippen LogP contribution in [0.5, 0.6) is 5.75 Å². The maximum atomic E-state index is 12.7. The summed E-state index contributed by atoms with van der Waals surface area (Å²) in [7, 11) is 1.66. The van der Waals surface area contributed by atoms with Crippen LogP contribution in [-0.2, 0) is 6.42 Å². The largest absolute Gasteiger partial charge is 0.497 e. The zero-order valence-corrected chi connectivity index (χ0v) is 14.5. The van der Waals surface area contributed by atoms with E-state index in [4.69, 9.17) is 9.84 Å². The quantitative estimate of drug-likeness (QED) is 0.855. The highest BCUT2D eigenvalue weighted by Gasteiger charge is 2.37. The molecule has 0 N–H and O–H groups in total. The van der Waals surface area contributed by atoms with Gasteiger partial charge in [0.2, 0.25) is 0 Å². The number of benzene rings is 1. The van der Waals surface area contributed by atoms with E-state index in [1.807, 2.05) is 28.9 Å². The molecular formula is C19H24N2O2. The van der Waals surface area contributed by atoms with E-state index in [2.05, 4.69) is 27.7 Å². The van der Waals surface area contributed by atoms with Crippen molar-refractivity contribution in [2.24, 2.45) is 5.41 Å². The Morgan fingerprint density at radius 3 is 2.65 bits per heavy atom. The molecule has 1 aromatic carbocycles. The number of ketones is 1. The third-order valence-electron chi connectivity index (χ3n) is 4.42. The topological polar surface area (TPSA) is 44.1 Å². The molecule has 1 aromatic heterocycles. The van der Waals surface area contributed by atoms with Crippen LogP contribution in [0.1, 0.15) is 61.8 Å². The molecule has 0 saturated carbocycles. The van der Waals surface area contributed by atoms with Gasteiger partial charge in [0.25, 0.3) is 0 Å². The summed E-state index contributed by atoms with van der Waals surface area (Å²) in [5.41, 5.74) is 3.68. The Labute approximate surface area is 137 Å². The number of aromatic nitrogens is 2. The molecule has 0 saturated heterocycles. The zero-order chi connectivity index (χ0) is 16.8. The lowest BCUT2D eigenvalue weighted by atomic mass is 9.75. The number of methoxy groups -OCH3 is 1. The molecule has 4 nitrogen and oxygen atoms in total. The predicted octanol–water partition coefficient (Wildman–Crippen LogP) is 4.16. The van der Waals surface area contributed by atoms with Crippen molar-refractivity contribution in [1.82, 2.24) is 9.78 Å². The number of ether oxygens (including phenoxy) is 1. The van der Waals surface area contributed by atoms with Crippen molar-refractivity contribution in [1.29, 1.82) is 0 Å². The molecule has 0 fully saturated rings. The van der Waals surface area contributed by atoms with Crippen molar-refractivity contribution in [3.8, 4) is 11.4 Å². The van der Waals surface area contributed by atoms with Crippen molar-refractivity contribution < 1.29 is 9.53 Å². The maximum Gasteiger partial charge on any atom is 0.167 e. The molecule has 0 radical (unpaired) electrons. The minimum Gasteiger partial charge on any atom is -0.497 e. The van der Waals surface area contributed by atoms with Crippen LogP contribution in [0.3, 0.4) is 0 Å². The molecule has 0 bridgehead atoms. The van der Waals surface area contributed by atoms with Gasteiger partial charge >= 0.3 is 0 Å². The van der Waals surface area contributed by atoms with E-state index in [-0.39, 0.29) is 17.1 Å². The van der Waals surface area contributed by atoms with Crippen molar-refractivity contribution >= 4 is 5.78 Å². The smallest absolute Gasteiger partial charge is 0.167 e. The van der Waals surface area contributed by atoms with Gasteiger partial charge in [0, 0.05) is 12.5 Å². The first kappa shape index (κ1) is 15.8. The Kier molecular flexibility index (Phi) is 3.78. The molecule has 1 heterocycles. The minimum absolute atomic E-state index is 0.0328. The molecule has 1 aliphatic rings. The van der Waals surface area contributed by atoms with Gasteiger partial charge in [-0.2, -0.15) is 5.10 Å². The lowest BCUT2D eigenvalue weighted by molar-refractivity contribution is 0.0909. The van der Waals surface area contributed by atoms with Gasteiger partial charge in [-0.05, 0) is 29.9 Å². The summed E-state index contributed by atoms with van der Waals surface area (Å²) in [5.74, 6) is 1.23. The molecule has 0 spiro atoms. The van der Waals surface area contributed by atoms with E-state index >= 15 is 0 Å². The fourth-order valence-corrected chi connectivity index (χ4v) is 3.34. The van der Waals surface area contributed by atoms with Crippen molar-refractivity contribution in [3.63, 3.8) is 0 Å². The first-order chi connectivity index (χ1) is 10.8. The SMILES string of the molecule is COc1cccc(-n2nc(C(C)C)c3c2CC(C)(C)CC3=O)c1. The van der Waals surface area contributed by atoms with Gasteiger partial charge < -0.3 is 4.74 Å². The molecule has 0 aliphatic heterocycles. The fraction of sp³-hybridized carbons (Fsp3) is 0.474. The molecule has 23 heavy (non-hydrogen) atoms. The van der Waals surface area contributed by atoms with Crippen LogP contribution in [0, 0.1) is 5.41 Å². The highest BCUT2D eigenvalue weighted by molar-refractivity contribution is 6.00. The number of fused-ring (bicyclic) bond motifs is 1. The van der Waals surface area contributed by atoms with Crippen LogP contribution in [-0.4, -0.2) is 22.7 Å². The van der Waals surface area contributed by atoms with E-state index < -0.39 is 0 Å². The van der Waals surface area contributed by atoms with E-state index in [0.29, 0.717) is 6.42 Å². The van der Waals surface area contributed by atoms with Crippen LogP contribution < -0.4 is 4.74 Å². The second-order valence-electron chi connectivity index (χ2n) is 7.42. The maximum absolute atomic E-state index is 12.7. The number of carbonyl (C=O) groups excluding carboxylic acids is 1. The van der Waals surface area contributed by atoms with E-state index in [9.17, 15) is 4.79 Å². The minimum atomic E-state index is -0.0328. The predicted molar refractivity (Wildman–Crippen MR) is 90.6 cm³/mol. The first-order valence-electron chi connectivity index (χ1n) is 8.12. The summed E-state index contributed by atoms with van der Waals surface area (Å²) in [4.78, 5) is 12.7. The third-order valence-corrected chi connectivity index (χ3v) is 4.42. The molecule has 4 heteroatoms. The van der Waals surface area contributed by atoms with Gasteiger partial charge in [0.15, 0.2) is 5.78 Å². The Hall–Kier alpha value is -2.10. The molecular weight excluding hydrogens is 288 g/mol. The summed E-state index contributed by atoms with van der Waals surface area (Å²) in [6.07, 6.45) is 1.44. The highest BCUT2D eigenvalue weighted by atomic mass is 16.5. The molecule has 0 unspecified atom stereocenters. The summed E-state index contributed by atoms with van der Waals surface area (Å²) in [6, 6.07) is 7.83. The number of nitrogens with zero attached hydrogens (tertiary/aromatic N) is 2. The number of rotatable bonds is 3. The van der Waals surface area contributed by atoms with Gasteiger partial charge in [-0.15, -0.1) is 0 Å². The summed E-state index contributed by atoms with van der Waals surface area (Å²) >= 11 is 0. The van der Waals surface area contributed by atoms with Gasteiger partial charge in [0.1, 0.15) is 5.75 Å². The van der Waals surface area contributed by atoms with Crippen LogP contribution in [0.4, 0.5) is 0 Å². The van der Waals surface area contributed by atoms with Crippen molar-refractivity contribution in [2.45, 2.75) is 46.5 Å². The monoisotopic (exact) mass is 312 g/mol. The Bertz CT molecular complexity index is 757. The van der Waals surface area contributed by atoms with E-state index in [0.717, 1.165) is 34.8 Å². The molecule has 0 amide bonds. The van der Waals surface area contributed by atoms with Crippen molar-refractivity contribution in [2.75, 3.05) is 7.11 Å². The number of carbonyl (C=O) groups is 1. The molecule has 122 valence electrons. The number of hydrogen-bond acceptors (Lipinski definition) is 3. The Morgan fingerprint density at radius 2 is 2.00 bits per heavy atom. The number of Topliss-reactive ketones (excluding diaryl/α,β-unsaturated/α-hetero) is 1. The zero-order valence-electron chi connectivity index (χ0n) is 14.5. The average Bonchev–Trinajstić information content (AvgIpc) is 2.85. The molecule has 3 rings (SSSR count). The van der Waals surface area contributed by atoms with Gasteiger partial charge in [0.05, 0.1) is 29.7 Å². The van der Waals surface area contributed by atoms with Crippen LogP contribution in [0.15, 0.2) is 24.3 Å². The van der Waals surface area contributed by atoms with Crippen LogP contribution in [0.25, 0.3) is 5.69 Å². The lowest BCUT2D eigenvalue weighted by Gasteiger charge is -2.29. The van der Waals surface area contributed by atoms with Crippen LogP contribution in [0.2, 0.25) is 0 Å². The molecule has 1 aliphatic carbocycles. The third kappa shape index (κ3) is 2.78. The normalized spacial score (nSPS) is 16.5. The van der Waals surface area contributed by atoms with Crippen LogP contribution >= 0.6 is 0 Å². The Morgan fingerprint density at radius 1 is 1.26 bits per heavy atom. The molecule has 0 atom stereocenters. The number of hydrogen-bond donors (Lipinski definition) is 0. The summed E-state index contributed by atoms with van der Waals surface area (Å²) in [5, 5.41) is 4.79. The standard InChI is InChI=1S/C19H24N2O2/c1-12(2)18-17-15(10-19(3,4)11-16(17)22)21(20-18)13-7-6-8-14(9-13)23-5/h6-9,12H,10-11H2,1-5H3. The van der Waals surface area contributed by atoms with Crippen molar-refractivity contribution in [3.05, 3.63) is 41.2 Å². The summed E-state index contributed by atoms with van der Waals surface area (Å²) < 4.78 is 7.27. The fourth-order valence-electron chi connectivity index (χ4n) is 3.34.